The summed E-state index contributed by atoms with van der Waals surface area (Å²) < 4.78 is 13.2. The van der Waals surface area contributed by atoms with Crippen LogP contribution in [0.2, 0.25) is 0 Å². The van der Waals surface area contributed by atoms with Crippen LogP contribution in [0.4, 0.5) is 10.1 Å². The number of amides is 1. The molecule has 1 heterocycles. The van der Waals surface area contributed by atoms with Crippen LogP contribution in [0.15, 0.2) is 18.2 Å². The number of rotatable bonds is 4. The minimum Gasteiger partial charge on any atom is -0.393 e. The lowest BCUT2D eigenvalue weighted by molar-refractivity contribution is -0.117. The van der Waals surface area contributed by atoms with Crippen LogP contribution >= 0.6 is 0 Å². The molecule has 0 spiro atoms. The lowest BCUT2D eigenvalue weighted by Gasteiger charge is -2.17. The largest absolute Gasteiger partial charge is 0.393 e. The number of halogens is 1. The molecule has 20 heavy (non-hydrogen) atoms. The maximum absolute atomic E-state index is 13.2. The molecule has 4 nitrogen and oxygen atoms in total. The summed E-state index contributed by atoms with van der Waals surface area (Å²) in [6, 6.07) is 4.35. The molecule has 0 saturated carbocycles. The molecule has 110 valence electrons. The van der Waals surface area contributed by atoms with E-state index in [1.165, 1.54) is 12.1 Å². The summed E-state index contributed by atoms with van der Waals surface area (Å²) in [6.45, 7) is 5.43. The van der Waals surface area contributed by atoms with Gasteiger partial charge in [0.25, 0.3) is 0 Å². The molecule has 1 fully saturated rings. The number of nitrogens with zero attached hydrogens (tertiary/aromatic N) is 1. The molecule has 0 aliphatic carbocycles. The molecule has 1 aromatic rings. The summed E-state index contributed by atoms with van der Waals surface area (Å²) in [4.78, 5) is 14.0. The molecule has 0 aromatic heterocycles. The molecule has 1 aliphatic rings. The quantitative estimate of drug-likeness (QED) is 0.884. The molecule has 0 bridgehead atoms. The van der Waals surface area contributed by atoms with Crippen molar-refractivity contribution < 1.29 is 14.3 Å². The highest BCUT2D eigenvalue weighted by Gasteiger charge is 2.27. The number of anilines is 1. The Morgan fingerprint density at radius 3 is 3.00 bits per heavy atom. The number of likely N-dealkylation sites (tertiary alicyclic amines) is 1. The third-order valence-electron chi connectivity index (χ3n) is 3.83. The zero-order chi connectivity index (χ0) is 14.7. The molecule has 2 atom stereocenters. The second-order valence-corrected chi connectivity index (χ2v) is 5.53. The topological polar surface area (TPSA) is 52.6 Å². The van der Waals surface area contributed by atoms with Crippen molar-refractivity contribution in [3.8, 4) is 0 Å². The van der Waals surface area contributed by atoms with E-state index in [4.69, 9.17) is 0 Å². The van der Waals surface area contributed by atoms with Crippen molar-refractivity contribution in [2.75, 3.05) is 25.0 Å². The number of carbonyl (C=O) groups excluding carboxylic acids is 1. The van der Waals surface area contributed by atoms with Gasteiger partial charge in [0.15, 0.2) is 0 Å². The highest BCUT2D eigenvalue weighted by molar-refractivity contribution is 5.92. The van der Waals surface area contributed by atoms with Crippen molar-refractivity contribution in [1.29, 1.82) is 0 Å². The first-order valence-electron chi connectivity index (χ1n) is 6.92. The predicted octanol–water partition coefficient (Wildman–Crippen LogP) is 1.78. The van der Waals surface area contributed by atoms with E-state index in [1.807, 2.05) is 11.8 Å². The van der Waals surface area contributed by atoms with Crippen LogP contribution < -0.4 is 5.32 Å². The Bertz CT molecular complexity index is 491. The van der Waals surface area contributed by atoms with E-state index >= 15 is 0 Å². The lowest BCUT2D eigenvalue weighted by atomic mass is 10.0. The highest BCUT2D eigenvalue weighted by Crippen LogP contribution is 2.20. The first kappa shape index (κ1) is 14.9. The van der Waals surface area contributed by atoms with Gasteiger partial charge in [-0.05, 0) is 50.4 Å². The molecule has 1 saturated heterocycles. The highest BCUT2D eigenvalue weighted by atomic mass is 19.1. The van der Waals surface area contributed by atoms with Crippen molar-refractivity contribution in [3.05, 3.63) is 29.6 Å². The Morgan fingerprint density at radius 2 is 2.35 bits per heavy atom. The molecule has 2 rings (SSSR count). The summed E-state index contributed by atoms with van der Waals surface area (Å²) in [5.74, 6) is -0.273. The van der Waals surface area contributed by atoms with E-state index in [1.54, 1.807) is 13.0 Å². The van der Waals surface area contributed by atoms with Crippen LogP contribution in [-0.2, 0) is 4.79 Å². The molecular formula is C15H21FN2O2. The molecule has 2 N–H and O–H groups in total. The van der Waals surface area contributed by atoms with Gasteiger partial charge in [-0.3, -0.25) is 9.69 Å². The van der Waals surface area contributed by atoms with Gasteiger partial charge in [-0.15, -0.1) is 0 Å². The zero-order valence-electron chi connectivity index (χ0n) is 11.9. The van der Waals surface area contributed by atoms with Crippen LogP contribution in [0.25, 0.3) is 0 Å². The summed E-state index contributed by atoms with van der Waals surface area (Å²) in [5, 5.41) is 12.3. The van der Waals surface area contributed by atoms with Gasteiger partial charge in [0.1, 0.15) is 5.82 Å². The van der Waals surface area contributed by atoms with Gasteiger partial charge in [-0.25, -0.2) is 4.39 Å². The van der Waals surface area contributed by atoms with Gasteiger partial charge in [0, 0.05) is 12.2 Å². The molecule has 1 aliphatic heterocycles. The fraction of sp³-hybridized carbons (Fsp3) is 0.533. The van der Waals surface area contributed by atoms with Crippen molar-refractivity contribution in [3.63, 3.8) is 0 Å². The molecule has 0 radical (unpaired) electrons. The van der Waals surface area contributed by atoms with Crippen molar-refractivity contribution in [2.45, 2.75) is 26.4 Å². The summed E-state index contributed by atoms with van der Waals surface area (Å²) in [5.41, 5.74) is 1.35. The summed E-state index contributed by atoms with van der Waals surface area (Å²) >= 11 is 0. The number of benzene rings is 1. The first-order chi connectivity index (χ1) is 9.45. The number of hydrogen-bond acceptors (Lipinski definition) is 3. The maximum atomic E-state index is 13.2. The van der Waals surface area contributed by atoms with Crippen LogP contribution in [0, 0.1) is 18.7 Å². The van der Waals surface area contributed by atoms with E-state index in [0.29, 0.717) is 5.69 Å². The van der Waals surface area contributed by atoms with E-state index in [2.05, 4.69) is 5.32 Å². The predicted molar refractivity (Wildman–Crippen MR) is 76.0 cm³/mol. The fourth-order valence-electron chi connectivity index (χ4n) is 2.52. The number of aliphatic hydroxyl groups excluding tert-OH is 1. The van der Waals surface area contributed by atoms with Crippen molar-refractivity contribution in [2.24, 2.45) is 5.92 Å². The average molecular weight is 280 g/mol. The van der Waals surface area contributed by atoms with Crippen molar-refractivity contribution in [1.82, 2.24) is 4.90 Å². The van der Waals surface area contributed by atoms with Gasteiger partial charge in [0.05, 0.1) is 12.6 Å². The zero-order valence-corrected chi connectivity index (χ0v) is 11.9. The summed E-state index contributed by atoms with van der Waals surface area (Å²) in [7, 11) is 0. The van der Waals surface area contributed by atoms with Crippen LogP contribution in [-0.4, -0.2) is 41.7 Å². The van der Waals surface area contributed by atoms with Crippen LogP contribution in [0.1, 0.15) is 18.9 Å². The Kier molecular flexibility index (Phi) is 4.73. The number of hydrogen-bond donors (Lipinski definition) is 2. The Labute approximate surface area is 118 Å². The summed E-state index contributed by atoms with van der Waals surface area (Å²) in [6.07, 6.45) is 0.567. The normalized spacial score (nSPS) is 20.9. The Balaban J connectivity index is 1.88. The minimum absolute atomic E-state index is 0.148. The fourth-order valence-corrected chi connectivity index (χ4v) is 2.52. The van der Waals surface area contributed by atoms with E-state index in [9.17, 15) is 14.3 Å². The van der Waals surface area contributed by atoms with Gasteiger partial charge >= 0.3 is 0 Å². The number of aliphatic hydroxyl groups is 1. The third kappa shape index (κ3) is 3.77. The van der Waals surface area contributed by atoms with Gasteiger partial charge in [0.2, 0.25) is 5.91 Å². The number of nitrogens with one attached hydrogen (secondary N) is 1. The van der Waals surface area contributed by atoms with Crippen LogP contribution in [0.5, 0.6) is 0 Å². The second-order valence-electron chi connectivity index (χ2n) is 5.53. The minimum atomic E-state index is -0.360. The lowest BCUT2D eigenvalue weighted by Crippen LogP contribution is -2.32. The molecular weight excluding hydrogens is 259 g/mol. The number of carbonyl (C=O) groups is 1. The monoisotopic (exact) mass is 280 g/mol. The average Bonchev–Trinajstić information content (AvgIpc) is 2.82. The smallest absolute Gasteiger partial charge is 0.238 e. The molecule has 2 unspecified atom stereocenters. The SMILES string of the molecule is Cc1ccc(F)cc1NC(=O)CN1CCC(C(C)O)C1. The molecule has 1 amide bonds. The maximum Gasteiger partial charge on any atom is 0.238 e. The van der Waals surface area contributed by atoms with Crippen molar-refractivity contribution >= 4 is 11.6 Å². The van der Waals surface area contributed by atoms with Gasteiger partial charge < -0.3 is 10.4 Å². The van der Waals surface area contributed by atoms with Gasteiger partial charge in [-0.2, -0.15) is 0 Å². The molecule has 5 heteroatoms. The Morgan fingerprint density at radius 1 is 1.60 bits per heavy atom. The third-order valence-corrected chi connectivity index (χ3v) is 3.83. The number of aryl methyl sites for hydroxylation is 1. The van der Waals surface area contributed by atoms with Gasteiger partial charge in [-0.1, -0.05) is 6.07 Å². The van der Waals surface area contributed by atoms with E-state index in [-0.39, 0.29) is 30.3 Å². The first-order valence-corrected chi connectivity index (χ1v) is 6.92. The standard InChI is InChI=1S/C15H21FN2O2/c1-10-3-4-13(16)7-14(10)17-15(20)9-18-6-5-12(8-18)11(2)19/h3-4,7,11-12,19H,5-6,8-9H2,1-2H3,(H,17,20). The Hall–Kier alpha value is -1.46. The second kappa shape index (κ2) is 6.33. The molecule has 1 aromatic carbocycles. The van der Waals surface area contributed by atoms with E-state index < -0.39 is 0 Å². The van der Waals surface area contributed by atoms with Crippen LogP contribution in [0.3, 0.4) is 0 Å². The van der Waals surface area contributed by atoms with E-state index in [0.717, 1.165) is 25.1 Å².